The first-order valence-electron chi connectivity index (χ1n) is 7.79. The van der Waals surface area contributed by atoms with E-state index in [2.05, 4.69) is 15.3 Å². The molecule has 0 aliphatic carbocycles. The second kappa shape index (κ2) is 7.12. The lowest BCUT2D eigenvalue weighted by Crippen LogP contribution is -2.01. The van der Waals surface area contributed by atoms with Crippen LogP contribution in [-0.4, -0.2) is 23.2 Å². The van der Waals surface area contributed by atoms with Crippen molar-refractivity contribution in [1.82, 2.24) is 9.97 Å². The third kappa shape index (κ3) is 3.37. The largest absolute Gasteiger partial charge is 0.490 e. The summed E-state index contributed by atoms with van der Waals surface area (Å²) in [7, 11) is 0. The summed E-state index contributed by atoms with van der Waals surface area (Å²) in [6, 6.07) is 9.99. The van der Waals surface area contributed by atoms with Gasteiger partial charge in [0.1, 0.15) is 11.6 Å². The molecule has 24 heavy (non-hydrogen) atoms. The highest BCUT2D eigenvalue weighted by Gasteiger charge is 2.10. The van der Waals surface area contributed by atoms with E-state index in [1.165, 1.54) is 6.07 Å². The summed E-state index contributed by atoms with van der Waals surface area (Å²) < 4.78 is 24.9. The molecule has 0 bridgehead atoms. The van der Waals surface area contributed by atoms with Crippen molar-refractivity contribution in [2.45, 2.75) is 13.8 Å². The molecule has 5 nitrogen and oxygen atoms in total. The van der Waals surface area contributed by atoms with Crippen molar-refractivity contribution < 1.29 is 13.9 Å². The zero-order chi connectivity index (χ0) is 16.9. The molecule has 2 aromatic carbocycles. The Bertz CT molecular complexity index is 855. The number of benzene rings is 2. The van der Waals surface area contributed by atoms with Gasteiger partial charge in [0.2, 0.25) is 0 Å². The summed E-state index contributed by atoms with van der Waals surface area (Å²) in [4.78, 5) is 8.85. The van der Waals surface area contributed by atoms with Gasteiger partial charge in [-0.25, -0.2) is 9.37 Å². The lowest BCUT2D eigenvalue weighted by atomic mass is 10.2. The van der Waals surface area contributed by atoms with Gasteiger partial charge in [-0.3, -0.25) is 4.98 Å². The molecule has 0 aliphatic rings. The monoisotopic (exact) mass is 327 g/mol. The number of fused-ring (bicyclic) bond motifs is 1. The summed E-state index contributed by atoms with van der Waals surface area (Å²) in [5.41, 5.74) is 1.67. The van der Waals surface area contributed by atoms with Crippen LogP contribution in [0.2, 0.25) is 0 Å². The van der Waals surface area contributed by atoms with Gasteiger partial charge in [-0.1, -0.05) is 12.1 Å². The Kier molecular flexibility index (Phi) is 4.74. The minimum atomic E-state index is -0.346. The van der Waals surface area contributed by atoms with Gasteiger partial charge in [-0.2, -0.15) is 0 Å². The summed E-state index contributed by atoms with van der Waals surface area (Å²) in [5, 5.41) is 2.93. The molecule has 1 N–H and O–H groups in total. The van der Waals surface area contributed by atoms with Gasteiger partial charge in [0.25, 0.3) is 0 Å². The molecule has 0 saturated heterocycles. The SMILES string of the molecule is CCOc1cc2ncc(Nc3ccccc3F)nc2cc1OCC. The number of para-hydroxylation sites is 1. The second-order valence-corrected chi connectivity index (χ2v) is 5.01. The summed E-state index contributed by atoms with van der Waals surface area (Å²) in [6.45, 7) is 4.87. The normalized spacial score (nSPS) is 10.6. The zero-order valence-electron chi connectivity index (χ0n) is 13.5. The highest BCUT2D eigenvalue weighted by Crippen LogP contribution is 2.32. The molecule has 6 heteroatoms. The third-order valence-electron chi connectivity index (χ3n) is 3.34. The number of nitrogens with one attached hydrogen (secondary N) is 1. The first kappa shape index (κ1) is 16.0. The maximum Gasteiger partial charge on any atom is 0.163 e. The molecular weight excluding hydrogens is 309 g/mol. The van der Waals surface area contributed by atoms with E-state index in [0.29, 0.717) is 47.3 Å². The van der Waals surface area contributed by atoms with Gasteiger partial charge in [0, 0.05) is 12.1 Å². The molecule has 1 heterocycles. The third-order valence-corrected chi connectivity index (χ3v) is 3.34. The van der Waals surface area contributed by atoms with Crippen LogP contribution in [0.25, 0.3) is 11.0 Å². The van der Waals surface area contributed by atoms with Crippen molar-refractivity contribution in [3.05, 3.63) is 48.4 Å². The lowest BCUT2D eigenvalue weighted by molar-refractivity contribution is 0.288. The minimum Gasteiger partial charge on any atom is -0.490 e. The molecule has 0 saturated carbocycles. The molecule has 0 aliphatic heterocycles. The predicted octanol–water partition coefficient (Wildman–Crippen LogP) is 4.31. The van der Waals surface area contributed by atoms with Gasteiger partial charge in [0.05, 0.1) is 36.1 Å². The fourth-order valence-corrected chi connectivity index (χ4v) is 2.32. The van der Waals surface area contributed by atoms with E-state index in [-0.39, 0.29) is 5.82 Å². The molecule has 1 aromatic heterocycles. The molecule has 0 amide bonds. The van der Waals surface area contributed by atoms with E-state index in [1.54, 1.807) is 36.5 Å². The number of hydrogen-bond donors (Lipinski definition) is 1. The smallest absolute Gasteiger partial charge is 0.163 e. The fraction of sp³-hybridized carbons (Fsp3) is 0.222. The van der Waals surface area contributed by atoms with Gasteiger partial charge in [-0.15, -0.1) is 0 Å². The van der Waals surface area contributed by atoms with E-state index >= 15 is 0 Å². The average molecular weight is 327 g/mol. The number of halogens is 1. The highest BCUT2D eigenvalue weighted by molar-refractivity contribution is 5.80. The van der Waals surface area contributed by atoms with Crippen LogP contribution in [0.1, 0.15) is 13.8 Å². The van der Waals surface area contributed by atoms with E-state index in [0.717, 1.165) is 0 Å². The van der Waals surface area contributed by atoms with E-state index in [9.17, 15) is 4.39 Å². The highest BCUT2D eigenvalue weighted by atomic mass is 19.1. The average Bonchev–Trinajstić information content (AvgIpc) is 2.58. The van der Waals surface area contributed by atoms with Crippen molar-refractivity contribution in [1.29, 1.82) is 0 Å². The first-order chi connectivity index (χ1) is 11.7. The summed E-state index contributed by atoms with van der Waals surface area (Å²) in [6.07, 6.45) is 1.56. The summed E-state index contributed by atoms with van der Waals surface area (Å²) >= 11 is 0. The molecule has 0 unspecified atom stereocenters. The van der Waals surface area contributed by atoms with Crippen molar-refractivity contribution in [2.24, 2.45) is 0 Å². The molecule has 3 aromatic rings. The topological polar surface area (TPSA) is 56.3 Å². The molecule has 0 fully saturated rings. The molecule has 0 radical (unpaired) electrons. The second-order valence-electron chi connectivity index (χ2n) is 5.01. The fourth-order valence-electron chi connectivity index (χ4n) is 2.32. The van der Waals surface area contributed by atoms with Crippen LogP contribution in [0, 0.1) is 5.82 Å². The van der Waals surface area contributed by atoms with Gasteiger partial charge in [-0.05, 0) is 26.0 Å². The van der Waals surface area contributed by atoms with Crippen LogP contribution in [0.15, 0.2) is 42.6 Å². The number of aromatic nitrogens is 2. The molecule has 3 rings (SSSR count). The Morgan fingerprint density at radius 2 is 1.67 bits per heavy atom. The van der Waals surface area contributed by atoms with Crippen LogP contribution in [0.3, 0.4) is 0 Å². The van der Waals surface area contributed by atoms with Gasteiger partial charge in [0.15, 0.2) is 11.5 Å². The molecule has 0 atom stereocenters. The van der Waals surface area contributed by atoms with Crippen LogP contribution in [0.5, 0.6) is 11.5 Å². The first-order valence-corrected chi connectivity index (χ1v) is 7.79. The Morgan fingerprint density at radius 1 is 1.00 bits per heavy atom. The van der Waals surface area contributed by atoms with Crippen molar-refractivity contribution in [3.63, 3.8) is 0 Å². The number of anilines is 2. The Labute approximate surface area is 139 Å². The Hall–Kier alpha value is -2.89. The van der Waals surface area contributed by atoms with Crippen molar-refractivity contribution >= 4 is 22.5 Å². The maximum absolute atomic E-state index is 13.7. The predicted molar refractivity (Wildman–Crippen MR) is 91.6 cm³/mol. The van der Waals surface area contributed by atoms with Gasteiger partial charge >= 0.3 is 0 Å². The van der Waals surface area contributed by atoms with Crippen molar-refractivity contribution in [3.8, 4) is 11.5 Å². The number of hydrogen-bond acceptors (Lipinski definition) is 5. The summed E-state index contributed by atoms with van der Waals surface area (Å²) in [5.74, 6) is 1.36. The van der Waals surface area contributed by atoms with E-state index in [1.807, 2.05) is 13.8 Å². The molecular formula is C18H18FN3O2. The standard InChI is InChI=1S/C18H18FN3O2/c1-3-23-16-9-14-15(10-17(16)24-4-2)22-18(11-20-14)21-13-8-6-5-7-12(13)19/h5-11H,3-4H2,1-2H3,(H,21,22). The Balaban J connectivity index is 1.98. The van der Waals surface area contributed by atoms with E-state index in [4.69, 9.17) is 9.47 Å². The maximum atomic E-state index is 13.7. The number of rotatable bonds is 6. The van der Waals surface area contributed by atoms with Crippen molar-refractivity contribution in [2.75, 3.05) is 18.5 Å². The molecule has 0 spiro atoms. The number of nitrogens with zero attached hydrogens (tertiary/aromatic N) is 2. The zero-order valence-corrected chi connectivity index (χ0v) is 13.5. The van der Waals surface area contributed by atoms with Gasteiger partial charge < -0.3 is 14.8 Å². The van der Waals surface area contributed by atoms with Crippen LogP contribution in [0.4, 0.5) is 15.9 Å². The quantitative estimate of drug-likeness (QED) is 0.731. The number of ether oxygens (including phenoxy) is 2. The molecule has 124 valence electrons. The van der Waals surface area contributed by atoms with Crippen LogP contribution in [-0.2, 0) is 0 Å². The Morgan fingerprint density at radius 3 is 2.33 bits per heavy atom. The van der Waals surface area contributed by atoms with Crippen LogP contribution >= 0.6 is 0 Å². The van der Waals surface area contributed by atoms with E-state index < -0.39 is 0 Å². The van der Waals surface area contributed by atoms with Crippen LogP contribution < -0.4 is 14.8 Å². The minimum absolute atomic E-state index is 0.346. The lowest BCUT2D eigenvalue weighted by Gasteiger charge is -2.12.